The van der Waals surface area contributed by atoms with Crippen molar-refractivity contribution in [2.24, 2.45) is 5.73 Å². The van der Waals surface area contributed by atoms with Gasteiger partial charge in [0.2, 0.25) is 0 Å². The molecule has 0 atom stereocenters. The molecule has 0 aromatic heterocycles. The van der Waals surface area contributed by atoms with E-state index in [9.17, 15) is 0 Å². The van der Waals surface area contributed by atoms with Gasteiger partial charge in [-0.3, -0.25) is 0 Å². The quantitative estimate of drug-likeness (QED) is 0.865. The van der Waals surface area contributed by atoms with Crippen molar-refractivity contribution in [1.29, 1.82) is 0 Å². The molecule has 19 heavy (non-hydrogen) atoms. The Hall–Kier alpha value is -1.52. The van der Waals surface area contributed by atoms with Gasteiger partial charge in [-0.15, -0.1) is 0 Å². The Morgan fingerprint density at radius 3 is 2.05 bits per heavy atom. The van der Waals surface area contributed by atoms with Crippen molar-refractivity contribution in [2.75, 3.05) is 11.4 Å². The van der Waals surface area contributed by atoms with Crippen LogP contribution in [0.2, 0.25) is 0 Å². The maximum Gasteiger partial charge on any atom is 0.0745 e. The van der Waals surface area contributed by atoms with Crippen LogP contribution in [-0.4, -0.2) is 11.5 Å². The van der Waals surface area contributed by atoms with E-state index in [1.54, 1.807) is 0 Å². The molecule has 0 bridgehead atoms. The van der Waals surface area contributed by atoms with Crippen LogP contribution in [0.1, 0.15) is 6.42 Å². The predicted octanol–water partition coefficient (Wildman–Crippen LogP) is 3.97. The van der Waals surface area contributed by atoms with Crippen molar-refractivity contribution < 1.29 is 0 Å². The third-order valence-electron chi connectivity index (χ3n) is 3.11. The highest BCUT2D eigenvalue weighted by atomic mass is 32.2. The highest BCUT2D eigenvalue weighted by Gasteiger charge is 2.22. The summed E-state index contributed by atoms with van der Waals surface area (Å²) in [6.45, 7) is 0.823. The van der Waals surface area contributed by atoms with Gasteiger partial charge in [-0.2, -0.15) is 0 Å². The van der Waals surface area contributed by atoms with Gasteiger partial charge >= 0.3 is 0 Å². The van der Waals surface area contributed by atoms with Crippen molar-refractivity contribution in [2.45, 2.75) is 16.2 Å². The second kappa shape index (κ2) is 5.23. The van der Waals surface area contributed by atoms with Crippen LogP contribution in [0.15, 0.2) is 58.3 Å². The zero-order chi connectivity index (χ0) is 13.2. The Morgan fingerprint density at radius 1 is 1.00 bits per heavy atom. The van der Waals surface area contributed by atoms with Gasteiger partial charge in [-0.1, -0.05) is 48.2 Å². The number of para-hydroxylation sites is 2. The van der Waals surface area contributed by atoms with Crippen molar-refractivity contribution in [3.05, 3.63) is 48.5 Å². The van der Waals surface area contributed by atoms with Gasteiger partial charge in [0.25, 0.3) is 0 Å². The molecule has 2 nitrogen and oxygen atoms in total. The molecule has 1 aliphatic heterocycles. The molecular weight excluding hydrogens is 272 g/mol. The Kier molecular flexibility index (Phi) is 3.44. The second-order valence-electron chi connectivity index (χ2n) is 4.41. The molecule has 4 heteroatoms. The van der Waals surface area contributed by atoms with Crippen molar-refractivity contribution >= 4 is 40.3 Å². The number of rotatable bonds is 3. The molecule has 0 unspecified atom stereocenters. The average molecular weight is 286 g/mol. The molecule has 0 amide bonds. The van der Waals surface area contributed by atoms with Gasteiger partial charge in [0.1, 0.15) is 0 Å². The molecule has 96 valence electrons. The summed E-state index contributed by atoms with van der Waals surface area (Å²) >= 11 is 6.82. The molecule has 2 aromatic rings. The van der Waals surface area contributed by atoms with E-state index in [1.807, 2.05) is 11.8 Å². The summed E-state index contributed by atoms with van der Waals surface area (Å²) in [4.78, 5) is 5.43. The highest BCUT2D eigenvalue weighted by Crippen LogP contribution is 2.47. The normalized spacial score (nSPS) is 12.7. The summed E-state index contributed by atoms with van der Waals surface area (Å²) in [5.41, 5.74) is 8.13. The lowest BCUT2D eigenvalue weighted by Gasteiger charge is -2.32. The molecule has 0 spiro atoms. The first-order valence-corrected chi connectivity index (χ1v) is 7.40. The molecule has 0 radical (unpaired) electrons. The first-order valence-electron chi connectivity index (χ1n) is 6.17. The number of hydrogen-bond donors (Lipinski definition) is 1. The summed E-state index contributed by atoms with van der Waals surface area (Å²) in [7, 11) is 0. The number of benzene rings is 2. The van der Waals surface area contributed by atoms with E-state index in [0.29, 0.717) is 4.99 Å². The first kappa shape index (κ1) is 12.5. The van der Waals surface area contributed by atoms with Crippen LogP contribution >= 0.6 is 24.0 Å². The summed E-state index contributed by atoms with van der Waals surface area (Å²) in [5, 5.41) is 0. The van der Waals surface area contributed by atoms with Crippen LogP contribution in [-0.2, 0) is 0 Å². The Labute approximate surface area is 122 Å². The van der Waals surface area contributed by atoms with Crippen LogP contribution in [0.4, 0.5) is 11.4 Å². The summed E-state index contributed by atoms with van der Waals surface area (Å²) in [6.07, 6.45) is 0.725. The van der Waals surface area contributed by atoms with E-state index in [1.165, 1.54) is 21.2 Å². The van der Waals surface area contributed by atoms with Crippen LogP contribution in [0, 0.1) is 0 Å². The van der Waals surface area contributed by atoms with E-state index in [0.717, 1.165) is 13.0 Å². The zero-order valence-corrected chi connectivity index (χ0v) is 12.0. The van der Waals surface area contributed by atoms with Gasteiger partial charge in [0.15, 0.2) is 0 Å². The minimum Gasteiger partial charge on any atom is -0.393 e. The van der Waals surface area contributed by atoms with Crippen molar-refractivity contribution in [1.82, 2.24) is 0 Å². The third kappa shape index (κ3) is 2.46. The molecule has 2 aromatic carbocycles. The second-order valence-corrected chi connectivity index (χ2v) is 6.01. The highest BCUT2D eigenvalue weighted by molar-refractivity contribution is 7.99. The molecular formula is C15H14N2S2. The van der Waals surface area contributed by atoms with Crippen LogP contribution < -0.4 is 10.6 Å². The molecule has 2 N–H and O–H groups in total. The minimum absolute atomic E-state index is 0.563. The largest absolute Gasteiger partial charge is 0.393 e. The molecule has 0 saturated heterocycles. The van der Waals surface area contributed by atoms with E-state index in [2.05, 4.69) is 53.4 Å². The maximum atomic E-state index is 5.65. The molecule has 1 aliphatic rings. The third-order valence-corrected chi connectivity index (χ3v) is 4.45. The van der Waals surface area contributed by atoms with Gasteiger partial charge in [-0.05, 0) is 24.3 Å². The fraction of sp³-hybridized carbons (Fsp3) is 0.133. The molecule has 0 saturated carbocycles. The fourth-order valence-electron chi connectivity index (χ4n) is 2.24. The minimum atomic E-state index is 0.563. The molecule has 1 heterocycles. The monoisotopic (exact) mass is 286 g/mol. The van der Waals surface area contributed by atoms with E-state index in [4.69, 9.17) is 18.0 Å². The standard InChI is InChI=1S/C15H14N2S2/c16-15(18)9-10-17-11-5-1-3-7-13(11)19-14-8-4-2-6-12(14)17/h1-8H,9-10H2,(H2,16,18). The van der Waals surface area contributed by atoms with Crippen LogP contribution in [0.25, 0.3) is 0 Å². The van der Waals surface area contributed by atoms with E-state index < -0.39 is 0 Å². The smallest absolute Gasteiger partial charge is 0.0745 e. The number of hydrogen-bond acceptors (Lipinski definition) is 3. The first-order chi connectivity index (χ1) is 9.25. The molecule has 0 aliphatic carbocycles. The fourth-order valence-corrected chi connectivity index (χ4v) is 3.43. The predicted molar refractivity (Wildman–Crippen MR) is 85.4 cm³/mol. The van der Waals surface area contributed by atoms with Gasteiger partial charge in [-0.25, -0.2) is 0 Å². The van der Waals surface area contributed by atoms with Gasteiger partial charge < -0.3 is 10.6 Å². The number of thiocarbonyl (C=S) groups is 1. The average Bonchev–Trinajstić information content (AvgIpc) is 2.43. The van der Waals surface area contributed by atoms with Crippen LogP contribution in [0.5, 0.6) is 0 Å². The number of fused-ring (bicyclic) bond motifs is 2. The SMILES string of the molecule is NC(=S)CCN1c2ccccc2Sc2ccccc21. The molecule has 0 fully saturated rings. The molecule has 3 rings (SSSR count). The Bertz CT molecular complexity index is 580. The topological polar surface area (TPSA) is 29.3 Å². The lowest BCUT2D eigenvalue weighted by Crippen LogP contribution is -2.25. The lowest BCUT2D eigenvalue weighted by molar-refractivity contribution is 0.935. The maximum absolute atomic E-state index is 5.65. The van der Waals surface area contributed by atoms with Crippen molar-refractivity contribution in [3.63, 3.8) is 0 Å². The Balaban J connectivity index is 2.03. The number of anilines is 2. The van der Waals surface area contributed by atoms with Crippen molar-refractivity contribution in [3.8, 4) is 0 Å². The summed E-state index contributed by atoms with van der Waals surface area (Å²) in [6, 6.07) is 16.9. The number of nitrogens with two attached hydrogens (primary N) is 1. The van der Waals surface area contributed by atoms with Gasteiger partial charge in [0.05, 0.1) is 16.4 Å². The van der Waals surface area contributed by atoms with Crippen LogP contribution in [0.3, 0.4) is 0 Å². The summed E-state index contributed by atoms with van der Waals surface area (Å²) in [5.74, 6) is 0. The Morgan fingerprint density at radius 2 is 1.53 bits per heavy atom. The zero-order valence-electron chi connectivity index (χ0n) is 10.4. The number of nitrogens with zero attached hydrogens (tertiary/aromatic N) is 1. The summed E-state index contributed by atoms with van der Waals surface area (Å²) < 4.78 is 0. The van der Waals surface area contributed by atoms with E-state index in [-0.39, 0.29) is 0 Å². The van der Waals surface area contributed by atoms with Gasteiger partial charge in [0, 0.05) is 22.8 Å². The lowest BCUT2D eigenvalue weighted by atomic mass is 10.2. The van der Waals surface area contributed by atoms with E-state index >= 15 is 0 Å².